The summed E-state index contributed by atoms with van der Waals surface area (Å²) >= 11 is 0. The molecule has 0 unspecified atom stereocenters. The van der Waals surface area contributed by atoms with Gasteiger partial charge in [0.15, 0.2) is 0 Å². The molecule has 0 aliphatic rings. The van der Waals surface area contributed by atoms with Gasteiger partial charge >= 0.3 is 6.18 Å². The van der Waals surface area contributed by atoms with E-state index >= 15 is 0 Å². The van der Waals surface area contributed by atoms with Crippen LogP contribution < -0.4 is 0 Å². The molecule has 0 spiro atoms. The molecule has 0 atom stereocenters. The molecule has 3 rings (SSSR count). The van der Waals surface area contributed by atoms with Crippen LogP contribution in [-0.2, 0) is 6.18 Å². The summed E-state index contributed by atoms with van der Waals surface area (Å²) in [6, 6.07) is 11.4. The Morgan fingerprint density at radius 1 is 1.09 bits per heavy atom. The van der Waals surface area contributed by atoms with Crippen LogP contribution in [0.15, 0.2) is 48.5 Å². The molecular weight excluding hydrogens is 293 g/mol. The fourth-order valence-corrected chi connectivity index (χ4v) is 2.36. The highest BCUT2D eigenvalue weighted by atomic mass is 19.4. The van der Waals surface area contributed by atoms with Crippen LogP contribution in [0.3, 0.4) is 0 Å². The highest BCUT2D eigenvalue weighted by Crippen LogP contribution is 2.30. The second-order valence-electron chi connectivity index (χ2n) is 4.87. The molecule has 22 heavy (non-hydrogen) atoms. The van der Waals surface area contributed by atoms with E-state index in [-0.39, 0.29) is 5.56 Å². The Hall–Kier alpha value is -2.63. The molecule has 0 radical (unpaired) electrons. The van der Waals surface area contributed by atoms with Gasteiger partial charge < -0.3 is 0 Å². The van der Waals surface area contributed by atoms with Gasteiger partial charge in [0.25, 0.3) is 5.91 Å². The van der Waals surface area contributed by atoms with Crippen molar-refractivity contribution in [1.29, 1.82) is 0 Å². The Kier molecular flexibility index (Phi) is 3.24. The SMILES string of the molecule is Cc1nc2ccccc2n1C(=O)c1cccc(C(F)(F)F)c1. The van der Waals surface area contributed by atoms with E-state index in [1.807, 2.05) is 0 Å². The lowest BCUT2D eigenvalue weighted by Gasteiger charge is -2.09. The van der Waals surface area contributed by atoms with E-state index < -0.39 is 17.6 Å². The quantitative estimate of drug-likeness (QED) is 0.679. The van der Waals surface area contributed by atoms with Gasteiger partial charge in [-0.3, -0.25) is 9.36 Å². The predicted molar refractivity (Wildman–Crippen MR) is 75.6 cm³/mol. The second-order valence-corrected chi connectivity index (χ2v) is 4.87. The van der Waals surface area contributed by atoms with Crippen LogP contribution in [0.25, 0.3) is 11.0 Å². The van der Waals surface area contributed by atoms with Crippen LogP contribution in [0.1, 0.15) is 21.7 Å². The summed E-state index contributed by atoms with van der Waals surface area (Å²) in [7, 11) is 0. The minimum Gasteiger partial charge on any atom is -0.268 e. The van der Waals surface area contributed by atoms with Gasteiger partial charge in [-0.1, -0.05) is 18.2 Å². The lowest BCUT2D eigenvalue weighted by molar-refractivity contribution is -0.137. The molecular formula is C16H11F3N2O. The van der Waals surface area contributed by atoms with Gasteiger partial charge in [0, 0.05) is 5.56 Å². The number of carbonyl (C=O) groups excluding carboxylic acids is 1. The number of hydrogen-bond acceptors (Lipinski definition) is 2. The molecule has 3 nitrogen and oxygen atoms in total. The normalized spacial score (nSPS) is 11.8. The maximum absolute atomic E-state index is 12.8. The standard InChI is InChI=1S/C16H11F3N2O/c1-10-20-13-7-2-3-8-14(13)21(10)15(22)11-5-4-6-12(9-11)16(17,18)19/h2-9H,1H3. The van der Waals surface area contributed by atoms with Crippen molar-refractivity contribution in [3.63, 3.8) is 0 Å². The van der Waals surface area contributed by atoms with Crippen molar-refractivity contribution >= 4 is 16.9 Å². The molecule has 3 aromatic rings. The van der Waals surface area contributed by atoms with E-state index in [0.717, 1.165) is 12.1 Å². The van der Waals surface area contributed by atoms with Crippen molar-refractivity contribution in [3.8, 4) is 0 Å². The van der Waals surface area contributed by atoms with E-state index in [4.69, 9.17) is 0 Å². The molecule has 1 aromatic heterocycles. The van der Waals surface area contributed by atoms with Gasteiger partial charge in [-0.25, -0.2) is 4.98 Å². The Balaban J connectivity index is 2.13. The Morgan fingerprint density at radius 2 is 1.82 bits per heavy atom. The van der Waals surface area contributed by atoms with E-state index in [9.17, 15) is 18.0 Å². The average Bonchev–Trinajstić information content (AvgIpc) is 2.81. The topological polar surface area (TPSA) is 34.9 Å². The number of alkyl halides is 3. The van der Waals surface area contributed by atoms with Crippen molar-refractivity contribution in [1.82, 2.24) is 9.55 Å². The summed E-state index contributed by atoms with van der Waals surface area (Å²) in [6.07, 6.45) is -4.48. The number of nitrogens with zero attached hydrogens (tertiary/aromatic N) is 2. The maximum Gasteiger partial charge on any atom is 0.416 e. The molecule has 2 aromatic carbocycles. The first-order valence-corrected chi connectivity index (χ1v) is 6.54. The molecule has 0 bridgehead atoms. The van der Waals surface area contributed by atoms with Crippen LogP contribution in [0.2, 0.25) is 0 Å². The number of halogens is 3. The van der Waals surface area contributed by atoms with Gasteiger partial charge in [-0.15, -0.1) is 0 Å². The monoisotopic (exact) mass is 304 g/mol. The van der Waals surface area contributed by atoms with E-state index in [0.29, 0.717) is 16.9 Å². The molecule has 0 saturated carbocycles. The molecule has 0 amide bonds. The number of fused-ring (bicyclic) bond motifs is 1. The van der Waals surface area contributed by atoms with E-state index in [1.165, 1.54) is 16.7 Å². The van der Waals surface area contributed by atoms with Gasteiger partial charge in [-0.2, -0.15) is 13.2 Å². The Labute approximate surface area is 124 Å². The van der Waals surface area contributed by atoms with Crippen molar-refractivity contribution in [3.05, 3.63) is 65.5 Å². The third-order valence-electron chi connectivity index (χ3n) is 3.37. The first-order chi connectivity index (χ1) is 10.4. The Morgan fingerprint density at radius 3 is 2.55 bits per heavy atom. The number of carbonyl (C=O) groups is 1. The maximum atomic E-state index is 12.8. The van der Waals surface area contributed by atoms with Gasteiger partial charge in [-0.05, 0) is 37.3 Å². The number of aromatic nitrogens is 2. The number of para-hydroxylation sites is 2. The van der Waals surface area contributed by atoms with E-state index in [2.05, 4.69) is 4.98 Å². The summed E-state index contributed by atoms with van der Waals surface area (Å²) in [4.78, 5) is 16.8. The minimum atomic E-state index is -4.48. The lowest BCUT2D eigenvalue weighted by Crippen LogP contribution is -2.15. The summed E-state index contributed by atoms with van der Waals surface area (Å²) in [6.45, 7) is 1.64. The molecule has 0 N–H and O–H groups in total. The number of imidazole rings is 1. The molecule has 1 heterocycles. The fourth-order valence-electron chi connectivity index (χ4n) is 2.36. The van der Waals surface area contributed by atoms with Crippen LogP contribution in [0, 0.1) is 6.92 Å². The summed E-state index contributed by atoms with van der Waals surface area (Å²) < 4.78 is 39.7. The average molecular weight is 304 g/mol. The molecule has 0 aliphatic carbocycles. The summed E-state index contributed by atoms with van der Waals surface area (Å²) in [5, 5.41) is 0. The lowest BCUT2D eigenvalue weighted by atomic mass is 10.1. The second kappa shape index (κ2) is 4.98. The zero-order valence-corrected chi connectivity index (χ0v) is 11.6. The fraction of sp³-hybridized carbons (Fsp3) is 0.125. The smallest absolute Gasteiger partial charge is 0.268 e. The van der Waals surface area contributed by atoms with Crippen molar-refractivity contribution < 1.29 is 18.0 Å². The largest absolute Gasteiger partial charge is 0.416 e. The molecule has 6 heteroatoms. The third kappa shape index (κ3) is 2.36. The molecule has 112 valence electrons. The zero-order chi connectivity index (χ0) is 15.9. The van der Waals surface area contributed by atoms with E-state index in [1.54, 1.807) is 31.2 Å². The third-order valence-corrected chi connectivity index (χ3v) is 3.37. The number of aryl methyl sites for hydroxylation is 1. The molecule has 0 aliphatic heterocycles. The van der Waals surface area contributed by atoms with Gasteiger partial charge in [0.1, 0.15) is 5.82 Å². The predicted octanol–water partition coefficient (Wildman–Crippen LogP) is 4.05. The van der Waals surface area contributed by atoms with Crippen LogP contribution >= 0.6 is 0 Å². The summed E-state index contributed by atoms with van der Waals surface area (Å²) in [5.74, 6) is -0.0964. The minimum absolute atomic E-state index is 0.0268. The van der Waals surface area contributed by atoms with Crippen molar-refractivity contribution in [2.75, 3.05) is 0 Å². The highest BCUT2D eigenvalue weighted by molar-refractivity contribution is 6.01. The number of benzene rings is 2. The van der Waals surface area contributed by atoms with Crippen LogP contribution in [-0.4, -0.2) is 15.5 Å². The van der Waals surface area contributed by atoms with Crippen molar-refractivity contribution in [2.45, 2.75) is 13.1 Å². The number of rotatable bonds is 1. The highest BCUT2D eigenvalue weighted by Gasteiger charge is 2.31. The number of hydrogen-bond donors (Lipinski definition) is 0. The zero-order valence-electron chi connectivity index (χ0n) is 11.6. The molecule has 0 saturated heterocycles. The van der Waals surface area contributed by atoms with Crippen LogP contribution in [0.5, 0.6) is 0 Å². The van der Waals surface area contributed by atoms with Gasteiger partial charge in [0.05, 0.1) is 16.6 Å². The first-order valence-electron chi connectivity index (χ1n) is 6.54. The summed E-state index contributed by atoms with van der Waals surface area (Å²) in [5.41, 5.74) is 0.323. The Bertz CT molecular complexity index is 865. The van der Waals surface area contributed by atoms with Gasteiger partial charge in [0.2, 0.25) is 0 Å². The molecule has 0 fully saturated rings. The van der Waals surface area contributed by atoms with Crippen LogP contribution in [0.4, 0.5) is 13.2 Å². The first kappa shape index (κ1) is 14.3. The van der Waals surface area contributed by atoms with Crippen molar-refractivity contribution in [2.24, 2.45) is 0 Å².